The second-order valence-corrected chi connectivity index (χ2v) is 10.1. The fourth-order valence-corrected chi connectivity index (χ4v) is 6.95. The van der Waals surface area contributed by atoms with Gasteiger partial charge in [0, 0.05) is 11.8 Å². The van der Waals surface area contributed by atoms with Crippen LogP contribution in [0.1, 0.15) is 80.5 Å². The molecular formula is C34H34. The highest BCUT2D eigenvalue weighted by Crippen LogP contribution is 2.55. The standard InChI is InChI=1S/C34H34/c1-4-11-30(33-22(5-2)20-31-26-14-9-7-12-24(26)16-18-28(31)33)34-23(6-3)21-32-27-15-10-8-13-25(27)17-19-29(32)34/h7-10,12-21,30,33-34H,4-6,11H2,1-3H3. The highest BCUT2D eigenvalue weighted by Gasteiger charge is 2.40. The Morgan fingerprint density at radius 2 is 1.06 bits per heavy atom. The molecule has 0 aromatic heterocycles. The molecule has 2 aliphatic rings. The van der Waals surface area contributed by atoms with Gasteiger partial charge < -0.3 is 0 Å². The predicted molar refractivity (Wildman–Crippen MR) is 148 cm³/mol. The number of benzene rings is 4. The molecule has 4 aromatic rings. The Bertz CT molecular complexity index is 1340. The van der Waals surface area contributed by atoms with Gasteiger partial charge in [0.2, 0.25) is 0 Å². The second-order valence-electron chi connectivity index (χ2n) is 10.1. The summed E-state index contributed by atoms with van der Waals surface area (Å²) < 4.78 is 0. The van der Waals surface area contributed by atoms with Crippen LogP contribution in [0, 0.1) is 5.92 Å². The maximum atomic E-state index is 2.54. The van der Waals surface area contributed by atoms with Crippen molar-refractivity contribution in [3.05, 3.63) is 106 Å². The quantitative estimate of drug-likeness (QED) is 0.279. The highest BCUT2D eigenvalue weighted by molar-refractivity contribution is 5.96. The molecule has 0 fully saturated rings. The van der Waals surface area contributed by atoms with Crippen LogP contribution in [0.25, 0.3) is 33.7 Å². The zero-order valence-corrected chi connectivity index (χ0v) is 20.6. The van der Waals surface area contributed by atoms with Crippen molar-refractivity contribution in [2.45, 2.75) is 58.3 Å². The van der Waals surface area contributed by atoms with Crippen LogP contribution < -0.4 is 0 Å². The van der Waals surface area contributed by atoms with Crippen molar-refractivity contribution in [3.63, 3.8) is 0 Å². The zero-order valence-electron chi connectivity index (χ0n) is 20.6. The summed E-state index contributed by atoms with van der Waals surface area (Å²) in [5, 5.41) is 5.53. The van der Waals surface area contributed by atoms with E-state index >= 15 is 0 Å². The lowest BCUT2D eigenvalue weighted by atomic mass is 9.69. The van der Waals surface area contributed by atoms with Gasteiger partial charge >= 0.3 is 0 Å². The minimum atomic E-state index is 0.502. The molecule has 0 saturated heterocycles. The molecular weight excluding hydrogens is 408 g/mol. The molecule has 4 aromatic carbocycles. The molecule has 2 unspecified atom stereocenters. The first kappa shape index (κ1) is 21.4. The number of rotatable bonds is 6. The summed E-state index contributed by atoms with van der Waals surface area (Å²) in [4.78, 5) is 0. The lowest BCUT2D eigenvalue weighted by Crippen LogP contribution is -2.22. The van der Waals surface area contributed by atoms with Crippen LogP contribution in [-0.2, 0) is 0 Å². The van der Waals surface area contributed by atoms with Crippen molar-refractivity contribution in [1.29, 1.82) is 0 Å². The normalized spacial score (nSPS) is 19.7. The number of fused-ring (bicyclic) bond motifs is 6. The van der Waals surface area contributed by atoms with Crippen LogP contribution in [0.4, 0.5) is 0 Å². The molecule has 0 aliphatic heterocycles. The third kappa shape index (κ3) is 3.19. The van der Waals surface area contributed by atoms with Gasteiger partial charge in [-0.15, -0.1) is 0 Å². The lowest BCUT2D eigenvalue weighted by molar-refractivity contribution is 0.377. The van der Waals surface area contributed by atoms with Gasteiger partial charge in [0.05, 0.1) is 0 Å². The van der Waals surface area contributed by atoms with Crippen molar-refractivity contribution in [1.82, 2.24) is 0 Å². The van der Waals surface area contributed by atoms with Gasteiger partial charge in [-0.25, -0.2) is 0 Å². The molecule has 6 rings (SSSR count). The maximum Gasteiger partial charge on any atom is 0.00947 e. The smallest absolute Gasteiger partial charge is 0.00947 e. The van der Waals surface area contributed by atoms with E-state index in [-0.39, 0.29) is 0 Å². The zero-order chi connectivity index (χ0) is 23.2. The molecule has 0 saturated carbocycles. The first-order valence-corrected chi connectivity index (χ1v) is 13.2. The average molecular weight is 443 g/mol. The topological polar surface area (TPSA) is 0 Å². The van der Waals surface area contributed by atoms with E-state index in [0.29, 0.717) is 17.8 Å². The van der Waals surface area contributed by atoms with E-state index in [1.54, 1.807) is 22.3 Å². The minimum absolute atomic E-state index is 0.502. The fourth-order valence-electron chi connectivity index (χ4n) is 6.95. The van der Waals surface area contributed by atoms with Crippen LogP contribution in [0.3, 0.4) is 0 Å². The summed E-state index contributed by atoms with van der Waals surface area (Å²) in [6.45, 7) is 7.06. The Hall–Kier alpha value is -3.12. The Kier molecular flexibility index (Phi) is 5.41. The van der Waals surface area contributed by atoms with E-state index in [2.05, 4.69) is 106 Å². The Morgan fingerprint density at radius 3 is 1.50 bits per heavy atom. The molecule has 0 spiro atoms. The van der Waals surface area contributed by atoms with Crippen molar-refractivity contribution < 1.29 is 0 Å². The number of hydrogen-bond donors (Lipinski definition) is 0. The van der Waals surface area contributed by atoms with E-state index in [1.807, 2.05) is 0 Å². The second kappa shape index (κ2) is 8.58. The summed E-state index contributed by atoms with van der Waals surface area (Å²) in [7, 11) is 0. The Labute approximate surface area is 204 Å². The number of allylic oxidation sites excluding steroid dienone is 2. The van der Waals surface area contributed by atoms with E-state index in [1.165, 1.54) is 45.5 Å². The van der Waals surface area contributed by atoms with E-state index in [9.17, 15) is 0 Å². The summed E-state index contributed by atoms with van der Waals surface area (Å²) in [6.07, 6.45) is 9.79. The van der Waals surface area contributed by atoms with Gasteiger partial charge in [0.25, 0.3) is 0 Å². The fraction of sp³-hybridized carbons (Fsp3) is 0.294. The molecule has 2 atom stereocenters. The molecule has 34 heavy (non-hydrogen) atoms. The summed E-state index contributed by atoms with van der Waals surface area (Å²) in [6, 6.07) is 27.4. The highest BCUT2D eigenvalue weighted by atomic mass is 14.4. The third-order valence-electron chi connectivity index (χ3n) is 8.43. The van der Waals surface area contributed by atoms with Crippen molar-refractivity contribution in [3.8, 4) is 0 Å². The average Bonchev–Trinajstić information content (AvgIpc) is 3.46. The van der Waals surface area contributed by atoms with Gasteiger partial charge in [0.15, 0.2) is 0 Å². The molecule has 2 aliphatic carbocycles. The van der Waals surface area contributed by atoms with Crippen LogP contribution in [0.15, 0.2) is 83.9 Å². The molecule has 0 radical (unpaired) electrons. The van der Waals surface area contributed by atoms with Crippen LogP contribution >= 0.6 is 0 Å². The Balaban J connectivity index is 1.53. The van der Waals surface area contributed by atoms with Crippen molar-refractivity contribution >= 4 is 33.7 Å². The van der Waals surface area contributed by atoms with Gasteiger partial charge in [-0.05, 0) is 69.0 Å². The molecule has 0 heterocycles. The SMILES string of the molecule is CCCC(C1C(CC)=Cc2c1ccc1ccccc21)C1C(CC)=Cc2c1ccc1ccccc21. The van der Waals surface area contributed by atoms with Gasteiger partial charge in [-0.3, -0.25) is 0 Å². The molecule has 0 heteroatoms. The molecule has 0 nitrogen and oxygen atoms in total. The number of hydrogen-bond acceptors (Lipinski definition) is 0. The first-order chi connectivity index (χ1) is 16.7. The van der Waals surface area contributed by atoms with E-state index in [0.717, 1.165) is 12.8 Å². The lowest BCUT2D eigenvalue weighted by Gasteiger charge is -2.34. The van der Waals surface area contributed by atoms with Gasteiger partial charge in [-0.2, -0.15) is 0 Å². The largest absolute Gasteiger partial charge is 0.0654 e. The monoisotopic (exact) mass is 442 g/mol. The predicted octanol–water partition coefficient (Wildman–Crippen LogP) is 9.89. The van der Waals surface area contributed by atoms with Gasteiger partial charge in [0.1, 0.15) is 0 Å². The third-order valence-corrected chi connectivity index (χ3v) is 8.43. The molecule has 0 amide bonds. The molecule has 0 N–H and O–H groups in total. The summed E-state index contributed by atoms with van der Waals surface area (Å²) in [5.41, 5.74) is 9.29. The summed E-state index contributed by atoms with van der Waals surface area (Å²) >= 11 is 0. The van der Waals surface area contributed by atoms with Crippen LogP contribution in [0.2, 0.25) is 0 Å². The van der Waals surface area contributed by atoms with Crippen molar-refractivity contribution in [2.75, 3.05) is 0 Å². The maximum absolute atomic E-state index is 2.54. The van der Waals surface area contributed by atoms with Crippen LogP contribution in [-0.4, -0.2) is 0 Å². The summed E-state index contributed by atoms with van der Waals surface area (Å²) in [5.74, 6) is 1.59. The van der Waals surface area contributed by atoms with Crippen molar-refractivity contribution in [2.24, 2.45) is 5.92 Å². The Morgan fingerprint density at radius 1 is 0.588 bits per heavy atom. The first-order valence-electron chi connectivity index (χ1n) is 13.2. The van der Waals surface area contributed by atoms with Gasteiger partial charge in [-0.1, -0.05) is 123 Å². The molecule has 0 bridgehead atoms. The molecule has 170 valence electrons. The van der Waals surface area contributed by atoms with E-state index < -0.39 is 0 Å². The van der Waals surface area contributed by atoms with Crippen LogP contribution in [0.5, 0.6) is 0 Å². The van der Waals surface area contributed by atoms with E-state index in [4.69, 9.17) is 0 Å². The minimum Gasteiger partial charge on any atom is -0.0654 e.